The minimum Gasteiger partial charge on any atom is -0.398 e. The Morgan fingerprint density at radius 1 is 1.05 bits per heavy atom. The maximum Gasteiger partial charge on any atom is 0.243 e. The van der Waals surface area contributed by atoms with Crippen LogP contribution in [0.1, 0.15) is 38.8 Å². The molecule has 120 valence electrons. The van der Waals surface area contributed by atoms with Crippen LogP contribution in [0.3, 0.4) is 0 Å². The van der Waals surface area contributed by atoms with Crippen LogP contribution < -0.4 is 5.73 Å². The number of nitrogens with zero attached hydrogens (tertiary/aromatic N) is 1. The van der Waals surface area contributed by atoms with Crippen molar-refractivity contribution in [3.05, 3.63) is 23.3 Å². The van der Waals surface area contributed by atoms with E-state index in [1.807, 2.05) is 34.6 Å². The van der Waals surface area contributed by atoms with Crippen molar-refractivity contribution in [3.63, 3.8) is 0 Å². The van der Waals surface area contributed by atoms with Crippen molar-refractivity contribution >= 4 is 15.7 Å². The van der Waals surface area contributed by atoms with Gasteiger partial charge in [-0.1, -0.05) is 33.8 Å². The van der Waals surface area contributed by atoms with E-state index in [2.05, 4.69) is 0 Å². The van der Waals surface area contributed by atoms with Gasteiger partial charge in [-0.3, -0.25) is 0 Å². The number of hydrogen-bond donors (Lipinski definition) is 1. The highest BCUT2D eigenvalue weighted by atomic mass is 32.2. The lowest BCUT2D eigenvalue weighted by Crippen LogP contribution is -2.37. The van der Waals surface area contributed by atoms with E-state index in [9.17, 15) is 8.42 Å². The molecule has 0 aromatic heterocycles. The number of anilines is 1. The third-order valence-corrected chi connectivity index (χ3v) is 5.50. The Labute approximate surface area is 129 Å². The van der Waals surface area contributed by atoms with Crippen molar-refractivity contribution in [1.29, 1.82) is 0 Å². The largest absolute Gasteiger partial charge is 0.398 e. The molecule has 0 unspecified atom stereocenters. The maximum absolute atomic E-state index is 13.1. The predicted octanol–water partition coefficient (Wildman–Crippen LogP) is 3.19. The average molecular weight is 312 g/mol. The van der Waals surface area contributed by atoms with Crippen LogP contribution in [0.2, 0.25) is 0 Å². The van der Waals surface area contributed by atoms with Crippen molar-refractivity contribution < 1.29 is 8.42 Å². The van der Waals surface area contributed by atoms with Gasteiger partial charge in [0.05, 0.1) is 4.90 Å². The summed E-state index contributed by atoms with van der Waals surface area (Å²) in [6.07, 6.45) is 0. The molecule has 4 nitrogen and oxygen atoms in total. The average Bonchev–Trinajstić information content (AvgIpc) is 2.32. The van der Waals surface area contributed by atoms with Gasteiger partial charge in [0.2, 0.25) is 10.0 Å². The van der Waals surface area contributed by atoms with E-state index in [1.54, 1.807) is 23.4 Å². The van der Waals surface area contributed by atoms with Gasteiger partial charge in [-0.2, -0.15) is 4.31 Å². The lowest BCUT2D eigenvalue weighted by Gasteiger charge is -2.27. The number of hydrogen-bond acceptors (Lipinski definition) is 3. The number of benzene rings is 1. The normalized spacial score (nSPS) is 12.6. The van der Waals surface area contributed by atoms with Gasteiger partial charge in [-0.05, 0) is 42.9 Å². The lowest BCUT2D eigenvalue weighted by atomic mass is 10.1. The zero-order valence-corrected chi connectivity index (χ0v) is 14.8. The van der Waals surface area contributed by atoms with Crippen molar-refractivity contribution in [2.75, 3.05) is 18.8 Å². The molecule has 21 heavy (non-hydrogen) atoms. The molecule has 1 rings (SSSR count). The Bertz CT molecular complexity index is 583. The quantitative estimate of drug-likeness (QED) is 0.821. The first-order chi connectivity index (χ1) is 9.57. The molecule has 0 aliphatic rings. The van der Waals surface area contributed by atoms with E-state index in [0.29, 0.717) is 29.2 Å². The number of rotatable bonds is 6. The van der Waals surface area contributed by atoms with Crippen LogP contribution in [-0.2, 0) is 10.0 Å². The third kappa shape index (κ3) is 4.20. The Morgan fingerprint density at radius 3 is 1.95 bits per heavy atom. The second-order valence-electron chi connectivity index (χ2n) is 6.54. The summed E-state index contributed by atoms with van der Waals surface area (Å²) < 4.78 is 27.7. The van der Waals surface area contributed by atoms with Crippen LogP contribution in [0.15, 0.2) is 17.0 Å². The van der Waals surface area contributed by atoms with Gasteiger partial charge < -0.3 is 5.73 Å². The van der Waals surface area contributed by atoms with E-state index in [0.717, 1.165) is 5.56 Å². The molecule has 1 aromatic carbocycles. The first-order valence-corrected chi connectivity index (χ1v) is 8.87. The van der Waals surface area contributed by atoms with Crippen molar-refractivity contribution in [1.82, 2.24) is 4.31 Å². The zero-order valence-electron chi connectivity index (χ0n) is 14.0. The van der Waals surface area contributed by atoms with Gasteiger partial charge in [0.25, 0.3) is 0 Å². The molecule has 1 aromatic rings. The first-order valence-electron chi connectivity index (χ1n) is 7.43. The maximum atomic E-state index is 13.1. The van der Waals surface area contributed by atoms with E-state index < -0.39 is 10.0 Å². The molecule has 0 radical (unpaired) electrons. The highest BCUT2D eigenvalue weighted by Crippen LogP contribution is 2.28. The molecule has 0 aliphatic heterocycles. The lowest BCUT2D eigenvalue weighted by molar-refractivity contribution is 0.333. The molecule has 0 saturated carbocycles. The van der Waals surface area contributed by atoms with Gasteiger partial charge in [-0.15, -0.1) is 0 Å². The summed E-state index contributed by atoms with van der Waals surface area (Å²) in [6.45, 7) is 12.8. The molecule has 0 spiro atoms. The van der Waals surface area contributed by atoms with Gasteiger partial charge in [0, 0.05) is 18.8 Å². The van der Waals surface area contributed by atoms with E-state index in [1.165, 1.54) is 0 Å². The van der Waals surface area contributed by atoms with Crippen LogP contribution in [0.5, 0.6) is 0 Å². The third-order valence-electron chi connectivity index (χ3n) is 3.38. The number of nitrogen functional groups attached to an aromatic ring is 1. The summed E-state index contributed by atoms with van der Waals surface area (Å²) in [5, 5.41) is 0. The van der Waals surface area contributed by atoms with Gasteiger partial charge in [-0.25, -0.2) is 8.42 Å². The fraction of sp³-hybridized carbons (Fsp3) is 0.625. The Morgan fingerprint density at radius 2 is 1.52 bits per heavy atom. The summed E-state index contributed by atoms with van der Waals surface area (Å²) in [5.41, 5.74) is 7.82. The monoisotopic (exact) mass is 312 g/mol. The highest BCUT2D eigenvalue weighted by Gasteiger charge is 2.29. The van der Waals surface area contributed by atoms with E-state index in [-0.39, 0.29) is 11.8 Å². The fourth-order valence-corrected chi connectivity index (χ4v) is 4.68. The summed E-state index contributed by atoms with van der Waals surface area (Å²) in [6, 6.07) is 3.54. The first kappa shape index (κ1) is 18.0. The van der Waals surface area contributed by atoms with Crippen molar-refractivity contribution in [2.45, 2.75) is 46.4 Å². The molecular weight excluding hydrogens is 284 g/mol. The van der Waals surface area contributed by atoms with Crippen LogP contribution in [0.25, 0.3) is 0 Å². The number of nitrogens with two attached hydrogens (primary N) is 1. The molecule has 0 saturated heterocycles. The van der Waals surface area contributed by atoms with Gasteiger partial charge in [0.1, 0.15) is 0 Å². The van der Waals surface area contributed by atoms with Crippen LogP contribution in [-0.4, -0.2) is 25.8 Å². The smallest absolute Gasteiger partial charge is 0.243 e. The van der Waals surface area contributed by atoms with E-state index >= 15 is 0 Å². The SMILES string of the molecule is Cc1ccc(N)c(C)c1S(=O)(=O)N(CC(C)C)CC(C)C. The minimum atomic E-state index is -3.52. The molecule has 5 heteroatoms. The topological polar surface area (TPSA) is 63.4 Å². The molecule has 0 bridgehead atoms. The second-order valence-corrected chi connectivity index (χ2v) is 8.41. The summed E-state index contributed by atoms with van der Waals surface area (Å²) in [5.74, 6) is 0.556. The summed E-state index contributed by atoms with van der Waals surface area (Å²) in [7, 11) is -3.52. The second kappa shape index (κ2) is 6.79. The molecule has 0 heterocycles. The van der Waals surface area contributed by atoms with Crippen LogP contribution >= 0.6 is 0 Å². The molecule has 0 amide bonds. The van der Waals surface area contributed by atoms with Crippen LogP contribution in [0, 0.1) is 25.7 Å². The Balaban J connectivity index is 3.38. The number of sulfonamides is 1. The molecule has 0 fully saturated rings. The van der Waals surface area contributed by atoms with Crippen LogP contribution in [0.4, 0.5) is 5.69 Å². The fourth-order valence-electron chi connectivity index (χ4n) is 2.45. The van der Waals surface area contributed by atoms with Crippen molar-refractivity contribution in [3.8, 4) is 0 Å². The Kier molecular flexibility index (Phi) is 5.82. The minimum absolute atomic E-state index is 0.278. The Hall–Kier alpha value is -1.07. The van der Waals surface area contributed by atoms with Crippen molar-refractivity contribution in [2.24, 2.45) is 11.8 Å². The molecule has 2 N–H and O–H groups in total. The van der Waals surface area contributed by atoms with E-state index in [4.69, 9.17) is 5.73 Å². The number of aryl methyl sites for hydroxylation is 1. The van der Waals surface area contributed by atoms with Gasteiger partial charge in [0.15, 0.2) is 0 Å². The molecular formula is C16H28N2O2S. The predicted molar refractivity (Wildman–Crippen MR) is 88.8 cm³/mol. The van der Waals surface area contributed by atoms with Gasteiger partial charge >= 0.3 is 0 Å². The zero-order chi connectivity index (χ0) is 16.4. The summed E-state index contributed by atoms with van der Waals surface area (Å²) in [4.78, 5) is 0.365. The highest BCUT2D eigenvalue weighted by molar-refractivity contribution is 7.89. The summed E-state index contributed by atoms with van der Waals surface area (Å²) >= 11 is 0. The molecule has 0 aliphatic carbocycles. The standard InChI is InChI=1S/C16H28N2O2S/c1-11(2)9-18(10-12(3)4)21(19,20)16-13(5)7-8-15(17)14(16)6/h7-8,11-12H,9-10,17H2,1-6H3. The molecule has 0 atom stereocenters.